The van der Waals surface area contributed by atoms with E-state index in [0.29, 0.717) is 11.3 Å². The number of aliphatic hydroxyl groups is 1. The lowest BCUT2D eigenvalue weighted by atomic mass is 9.98. The van der Waals surface area contributed by atoms with Crippen molar-refractivity contribution >= 4 is 28.2 Å². The first-order valence-electron chi connectivity index (χ1n) is 15.0. The molecule has 0 saturated carbocycles. The zero-order chi connectivity index (χ0) is 33.7. The van der Waals surface area contributed by atoms with Crippen molar-refractivity contribution < 1.29 is 33.1 Å². The number of hydrogen-bond acceptors (Lipinski definition) is 9. The van der Waals surface area contributed by atoms with Gasteiger partial charge in [0.05, 0.1) is 28.9 Å². The van der Waals surface area contributed by atoms with Crippen molar-refractivity contribution in [3.05, 3.63) is 95.8 Å². The van der Waals surface area contributed by atoms with Crippen LogP contribution in [0, 0.1) is 11.8 Å². The average Bonchev–Trinajstić information content (AvgIpc) is 3.03. The van der Waals surface area contributed by atoms with Crippen LogP contribution in [-0.2, 0) is 32.6 Å². The summed E-state index contributed by atoms with van der Waals surface area (Å²) in [6.45, 7) is 7.00. The molecule has 2 amide bonds. The Hall–Kier alpha value is -4.33. The molecule has 13 heteroatoms. The van der Waals surface area contributed by atoms with E-state index >= 15 is 0 Å². The van der Waals surface area contributed by atoms with Gasteiger partial charge in [-0.1, -0.05) is 81.4 Å². The van der Waals surface area contributed by atoms with E-state index in [2.05, 4.69) is 20.8 Å². The Labute approximate surface area is 270 Å². The predicted octanol–water partition coefficient (Wildman–Crippen LogP) is 3.58. The maximum atomic E-state index is 13.7. The van der Waals surface area contributed by atoms with E-state index in [-0.39, 0.29) is 42.8 Å². The highest BCUT2D eigenvalue weighted by molar-refractivity contribution is 7.89. The molecule has 248 valence electrons. The van der Waals surface area contributed by atoms with Crippen molar-refractivity contribution in [3.63, 3.8) is 0 Å². The van der Waals surface area contributed by atoms with Crippen molar-refractivity contribution in [1.82, 2.24) is 19.9 Å². The fraction of sp³-hybridized carbons (Fsp3) is 0.394. The van der Waals surface area contributed by atoms with Crippen molar-refractivity contribution in [2.24, 2.45) is 17.0 Å². The summed E-state index contributed by atoms with van der Waals surface area (Å²) in [4.78, 5) is 30.3. The van der Waals surface area contributed by atoms with E-state index in [0.717, 1.165) is 5.56 Å². The molecule has 3 aromatic rings. The van der Waals surface area contributed by atoms with Gasteiger partial charge in [0.25, 0.3) is 0 Å². The third-order valence-electron chi connectivity index (χ3n) is 7.07. The first-order valence-corrected chi connectivity index (χ1v) is 16.5. The van der Waals surface area contributed by atoms with Crippen LogP contribution in [0.3, 0.4) is 0 Å². The van der Waals surface area contributed by atoms with Gasteiger partial charge in [-0.15, -0.1) is 0 Å². The van der Waals surface area contributed by atoms with Gasteiger partial charge in [0.1, 0.15) is 12.6 Å². The summed E-state index contributed by atoms with van der Waals surface area (Å²) in [6, 6.07) is 18.3. The Morgan fingerprint density at radius 3 is 2.22 bits per heavy atom. The molecule has 4 N–H and O–H groups in total. The number of rotatable bonds is 16. The molecule has 0 aliphatic rings. The van der Waals surface area contributed by atoms with E-state index in [9.17, 15) is 23.1 Å². The van der Waals surface area contributed by atoms with Crippen molar-refractivity contribution in [2.75, 3.05) is 13.1 Å². The van der Waals surface area contributed by atoms with Crippen LogP contribution < -0.4 is 10.6 Å². The number of pyridine rings is 1. The second kappa shape index (κ2) is 17.4. The summed E-state index contributed by atoms with van der Waals surface area (Å²) < 4.78 is 33.9. The number of alkyl carbamates (subject to hydrolysis) is 1. The Morgan fingerprint density at radius 1 is 0.957 bits per heavy atom. The van der Waals surface area contributed by atoms with Crippen LogP contribution >= 0.6 is 0 Å². The summed E-state index contributed by atoms with van der Waals surface area (Å²) in [6.07, 6.45) is 0.847. The number of amides is 2. The molecular formula is C33H43N5O7S. The van der Waals surface area contributed by atoms with Crippen LogP contribution in [0.25, 0.3) is 0 Å². The maximum absolute atomic E-state index is 13.7. The van der Waals surface area contributed by atoms with Gasteiger partial charge in [-0.3, -0.25) is 9.78 Å². The Balaban J connectivity index is 1.82. The molecule has 1 heterocycles. The number of hydrogen-bond donors (Lipinski definition) is 4. The number of aliphatic hydroxyl groups excluding tert-OH is 1. The molecule has 0 bridgehead atoms. The molecule has 0 aliphatic heterocycles. The molecule has 0 radical (unpaired) electrons. The molecule has 1 aromatic heterocycles. The van der Waals surface area contributed by atoms with Gasteiger partial charge in [0, 0.05) is 19.3 Å². The quantitative estimate of drug-likeness (QED) is 0.103. The van der Waals surface area contributed by atoms with E-state index in [1.165, 1.54) is 34.8 Å². The number of nitrogens with one attached hydrogen (secondary N) is 2. The van der Waals surface area contributed by atoms with Gasteiger partial charge >= 0.3 is 6.09 Å². The number of ether oxygens (including phenoxy) is 1. The second-order valence-corrected chi connectivity index (χ2v) is 13.6. The predicted molar refractivity (Wildman–Crippen MR) is 174 cm³/mol. The van der Waals surface area contributed by atoms with Crippen LogP contribution in [0.5, 0.6) is 0 Å². The monoisotopic (exact) mass is 653 g/mol. The molecule has 3 atom stereocenters. The van der Waals surface area contributed by atoms with E-state index in [4.69, 9.17) is 9.94 Å². The second-order valence-electron chi connectivity index (χ2n) is 11.7. The molecule has 0 saturated heterocycles. The first-order chi connectivity index (χ1) is 21.9. The van der Waals surface area contributed by atoms with Crippen LogP contribution in [0.15, 0.2) is 89.0 Å². The SMILES string of the molecule is CC(C)CN(C[C@@H](O)[C@H](Cc1ccccc1)NC(=O)[C@@H](NC(=O)OCc1ccccn1)C(C)C)S(=O)(=O)c1ccc(/C=N/O)cc1. The minimum Gasteiger partial charge on any atom is -0.443 e. The lowest BCUT2D eigenvalue weighted by Gasteiger charge is -2.32. The van der Waals surface area contributed by atoms with Gasteiger partial charge < -0.3 is 25.7 Å². The fourth-order valence-electron chi connectivity index (χ4n) is 4.71. The van der Waals surface area contributed by atoms with Gasteiger partial charge in [-0.05, 0) is 53.6 Å². The number of carbonyl (C=O) groups excluding carboxylic acids is 2. The normalized spacial score (nSPS) is 13.9. The summed E-state index contributed by atoms with van der Waals surface area (Å²) in [5, 5.41) is 28.8. The van der Waals surface area contributed by atoms with Crippen LogP contribution in [0.2, 0.25) is 0 Å². The van der Waals surface area contributed by atoms with Gasteiger partial charge in [-0.2, -0.15) is 4.31 Å². The topological polar surface area (TPSA) is 171 Å². The Kier molecular flexibility index (Phi) is 13.7. The van der Waals surface area contributed by atoms with Gasteiger partial charge in [0.2, 0.25) is 15.9 Å². The summed E-state index contributed by atoms with van der Waals surface area (Å²) in [7, 11) is -4.06. The highest BCUT2D eigenvalue weighted by Gasteiger charge is 2.33. The van der Waals surface area contributed by atoms with Gasteiger partial charge in [-0.25, -0.2) is 13.2 Å². The smallest absolute Gasteiger partial charge is 0.408 e. The number of aromatic nitrogens is 1. The zero-order valence-electron chi connectivity index (χ0n) is 26.5. The minimum absolute atomic E-state index is 0.00683. The van der Waals surface area contributed by atoms with Crippen molar-refractivity contribution in [3.8, 4) is 0 Å². The highest BCUT2D eigenvalue weighted by Crippen LogP contribution is 2.20. The Morgan fingerprint density at radius 2 is 1.63 bits per heavy atom. The Bertz CT molecular complexity index is 1520. The lowest BCUT2D eigenvalue weighted by molar-refractivity contribution is -0.125. The fourth-order valence-corrected chi connectivity index (χ4v) is 6.33. The third-order valence-corrected chi connectivity index (χ3v) is 8.92. The molecular weight excluding hydrogens is 610 g/mol. The lowest BCUT2D eigenvalue weighted by Crippen LogP contribution is -2.57. The van der Waals surface area contributed by atoms with Crippen molar-refractivity contribution in [1.29, 1.82) is 0 Å². The van der Waals surface area contributed by atoms with E-state index in [1.807, 2.05) is 44.2 Å². The van der Waals surface area contributed by atoms with Crippen molar-refractivity contribution in [2.45, 2.75) is 63.8 Å². The maximum Gasteiger partial charge on any atom is 0.408 e. The number of nitrogens with zero attached hydrogens (tertiary/aromatic N) is 3. The standard InChI is InChI=1S/C33H43N5O7S/c1-23(2)20-38(46(43,44)28-15-13-26(14-16-28)19-35-42)21-30(39)29(18-25-10-6-5-7-11-25)36-32(40)31(24(3)4)37-33(41)45-22-27-12-8-9-17-34-27/h5-17,19,23-24,29-31,39,42H,18,20-22H2,1-4H3,(H,36,40)(H,37,41)/b35-19+/t29-,30+,31-/m0/s1. The molecule has 2 aromatic carbocycles. The van der Waals surface area contributed by atoms with E-state index in [1.54, 1.807) is 38.2 Å². The number of sulfonamides is 1. The summed E-state index contributed by atoms with van der Waals surface area (Å²) in [5.74, 6) is -0.964. The van der Waals surface area contributed by atoms with Crippen LogP contribution in [0.1, 0.15) is 44.5 Å². The molecule has 46 heavy (non-hydrogen) atoms. The molecule has 3 rings (SSSR count). The number of oxime groups is 1. The largest absolute Gasteiger partial charge is 0.443 e. The number of carbonyl (C=O) groups is 2. The minimum atomic E-state index is -4.06. The van der Waals surface area contributed by atoms with Crippen LogP contribution in [-0.4, -0.2) is 77.5 Å². The van der Waals surface area contributed by atoms with E-state index < -0.39 is 40.2 Å². The number of benzene rings is 2. The molecule has 0 aliphatic carbocycles. The molecule has 12 nitrogen and oxygen atoms in total. The zero-order valence-corrected chi connectivity index (χ0v) is 27.3. The molecule has 0 unspecified atom stereocenters. The van der Waals surface area contributed by atoms with Crippen LogP contribution in [0.4, 0.5) is 4.79 Å². The van der Waals surface area contributed by atoms with Gasteiger partial charge in [0.15, 0.2) is 0 Å². The summed E-state index contributed by atoms with van der Waals surface area (Å²) in [5.41, 5.74) is 1.87. The summed E-state index contributed by atoms with van der Waals surface area (Å²) >= 11 is 0. The molecule has 0 spiro atoms. The average molecular weight is 654 g/mol. The highest BCUT2D eigenvalue weighted by atomic mass is 32.2. The molecule has 0 fully saturated rings. The third kappa shape index (κ3) is 10.9. The first kappa shape index (κ1) is 36.1.